The number of aromatic nitrogens is 2. The van der Waals surface area contributed by atoms with E-state index in [1.54, 1.807) is 12.1 Å². The molecule has 3 aromatic rings. The summed E-state index contributed by atoms with van der Waals surface area (Å²) < 4.78 is 1.36. The fraction of sp³-hybridized carbons (Fsp3) is 0.320. The monoisotopic (exact) mass is 450 g/mol. The summed E-state index contributed by atoms with van der Waals surface area (Å²) in [5.74, 6) is 0.608. The highest BCUT2D eigenvalue weighted by atomic mass is 35.5. The number of carbonyl (C=O) groups is 1. The molecule has 2 heterocycles. The molecule has 1 aliphatic heterocycles. The highest BCUT2D eigenvalue weighted by molar-refractivity contribution is 6.31. The molecule has 32 heavy (non-hydrogen) atoms. The third-order valence-electron chi connectivity index (χ3n) is 5.85. The molecule has 0 radical (unpaired) electrons. The molecule has 1 saturated heterocycles. The third-order valence-corrected chi connectivity index (χ3v) is 6.26. The fourth-order valence-corrected chi connectivity index (χ4v) is 4.20. The van der Waals surface area contributed by atoms with Crippen LogP contribution in [0.15, 0.2) is 59.4 Å². The molecule has 4 rings (SSSR count). The van der Waals surface area contributed by atoms with Gasteiger partial charge in [-0.3, -0.25) is 9.59 Å². The zero-order chi connectivity index (χ0) is 22.7. The molecular weight excluding hydrogens is 424 g/mol. The van der Waals surface area contributed by atoms with Crippen LogP contribution in [0.1, 0.15) is 29.5 Å². The number of anilines is 1. The highest BCUT2D eigenvalue weighted by Gasteiger charge is 2.27. The minimum atomic E-state index is -0.224. The van der Waals surface area contributed by atoms with E-state index in [1.807, 2.05) is 44.2 Å². The van der Waals surface area contributed by atoms with E-state index in [2.05, 4.69) is 21.4 Å². The van der Waals surface area contributed by atoms with E-state index in [0.29, 0.717) is 29.6 Å². The number of rotatable bonds is 5. The summed E-state index contributed by atoms with van der Waals surface area (Å²) in [6.45, 7) is 5.84. The number of hydrogen-bond acceptors (Lipinski definition) is 4. The first-order valence-electron chi connectivity index (χ1n) is 10.9. The first-order chi connectivity index (χ1) is 15.4. The van der Waals surface area contributed by atoms with Gasteiger partial charge in [0.05, 0.1) is 11.6 Å². The van der Waals surface area contributed by atoms with Crippen molar-refractivity contribution in [2.75, 3.05) is 18.0 Å². The second-order valence-electron chi connectivity index (χ2n) is 8.37. The maximum absolute atomic E-state index is 12.8. The van der Waals surface area contributed by atoms with Crippen LogP contribution in [0.5, 0.6) is 0 Å². The van der Waals surface area contributed by atoms with Crippen molar-refractivity contribution in [2.24, 2.45) is 5.92 Å². The summed E-state index contributed by atoms with van der Waals surface area (Å²) in [5.41, 5.74) is 3.61. The van der Waals surface area contributed by atoms with Crippen molar-refractivity contribution in [1.29, 1.82) is 0 Å². The normalized spacial score (nSPS) is 16.1. The van der Waals surface area contributed by atoms with Crippen molar-refractivity contribution < 1.29 is 4.79 Å². The Hall–Kier alpha value is -3.12. The zero-order valence-electron chi connectivity index (χ0n) is 18.3. The Balaban J connectivity index is 1.47. The van der Waals surface area contributed by atoms with E-state index in [9.17, 15) is 9.59 Å². The van der Waals surface area contributed by atoms with Crippen molar-refractivity contribution in [3.8, 4) is 5.69 Å². The van der Waals surface area contributed by atoms with Crippen molar-refractivity contribution >= 4 is 23.3 Å². The van der Waals surface area contributed by atoms with E-state index in [-0.39, 0.29) is 17.4 Å². The van der Waals surface area contributed by atoms with Crippen LogP contribution >= 0.6 is 11.6 Å². The van der Waals surface area contributed by atoms with Crippen molar-refractivity contribution in [3.05, 3.63) is 86.7 Å². The van der Waals surface area contributed by atoms with Gasteiger partial charge in [-0.25, -0.2) is 0 Å². The molecule has 1 atom stereocenters. The molecule has 2 aromatic carbocycles. The zero-order valence-corrected chi connectivity index (χ0v) is 19.1. The lowest BCUT2D eigenvalue weighted by atomic mass is 9.97. The Kier molecular flexibility index (Phi) is 6.61. The number of nitrogens with one attached hydrogen (secondary N) is 1. The number of piperidine rings is 1. The summed E-state index contributed by atoms with van der Waals surface area (Å²) in [5, 5.41) is 8.23. The topological polar surface area (TPSA) is 67.2 Å². The number of amides is 1. The van der Waals surface area contributed by atoms with Gasteiger partial charge < -0.3 is 10.2 Å². The first-order valence-corrected chi connectivity index (χ1v) is 11.2. The summed E-state index contributed by atoms with van der Waals surface area (Å²) >= 11 is 6.24. The number of aryl methyl sites for hydroxylation is 2. The van der Waals surface area contributed by atoms with Gasteiger partial charge in [-0.05, 0) is 56.0 Å². The van der Waals surface area contributed by atoms with Gasteiger partial charge in [0.25, 0.3) is 5.56 Å². The Morgan fingerprint density at radius 2 is 2.00 bits per heavy atom. The van der Waals surface area contributed by atoms with Gasteiger partial charge in [0.2, 0.25) is 5.91 Å². The predicted octanol–water partition coefficient (Wildman–Crippen LogP) is 4.04. The Labute approximate surface area is 192 Å². The van der Waals surface area contributed by atoms with E-state index in [1.165, 1.54) is 16.3 Å². The number of halogens is 1. The maximum Gasteiger partial charge on any atom is 0.271 e. The quantitative estimate of drug-likeness (QED) is 0.637. The molecule has 6 nitrogen and oxygen atoms in total. The van der Waals surface area contributed by atoms with Crippen LogP contribution in [-0.2, 0) is 11.3 Å². The molecule has 0 aliphatic carbocycles. The first kappa shape index (κ1) is 22.1. The van der Waals surface area contributed by atoms with Crippen LogP contribution in [0.4, 0.5) is 5.82 Å². The van der Waals surface area contributed by atoms with Gasteiger partial charge in [-0.1, -0.05) is 47.5 Å². The summed E-state index contributed by atoms with van der Waals surface area (Å²) in [4.78, 5) is 27.3. The number of hydrogen-bond donors (Lipinski definition) is 1. The fourth-order valence-electron chi connectivity index (χ4n) is 4.02. The lowest BCUT2D eigenvalue weighted by molar-refractivity contribution is -0.125. The standard InChI is InChI=1S/C25H27ClN4O2/c1-17-5-3-6-19(13-17)15-27-25(32)20-7-4-12-29(16-20)23-10-11-24(31)30(28-23)21-9-8-18(2)22(26)14-21/h3,5-6,8-11,13-14,20H,4,7,12,15-16H2,1-2H3,(H,27,32)/t20-/m1/s1. The number of carbonyl (C=O) groups excluding carboxylic acids is 1. The molecule has 0 unspecified atom stereocenters. The van der Waals surface area contributed by atoms with E-state index in [4.69, 9.17) is 11.6 Å². The Morgan fingerprint density at radius 3 is 2.78 bits per heavy atom. The molecule has 7 heteroatoms. The van der Waals surface area contributed by atoms with Crippen LogP contribution in [0, 0.1) is 19.8 Å². The molecule has 1 aliphatic rings. The molecular formula is C25H27ClN4O2. The predicted molar refractivity (Wildman–Crippen MR) is 128 cm³/mol. The lowest BCUT2D eigenvalue weighted by Crippen LogP contribution is -2.43. The van der Waals surface area contributed by atoms with Crippen LogP contribution in [-0.4, -0.2) is 28.8 Å². The van der Waals surface area contributed by atoms with Crippen molar-refractivity contribution in [1.82, 2.24) is 15.1 Å². The molecule has 1 aromatic heterocycles. The van der Waals surface area contributed by atoms with Gasteiger partial charge in [0, 0.05) is 30.7 Å². The van der Waals surface area contributed by atoms with Crippen molar-refractivity contribution in [2.45, 2.75) is 33.2 Å². The third kappa shape index (κ3) is 5.02. The average Bonchev–Trinajstić information content (AvgIpc) is 2.80. The second-order valence-corrected chi connectivity index (χ2v) is 8.77. The average molecular weight is 451 g/mol. The molecule has 1 amide bonds. The second kappa shape index (κ2) is 9.57. The lowest BCUT2D eigenvalue weighted by Gasteiger charge is -2.33. The van der Waals surface area contributed by atoms with Crippen LogP contribution in [0.2, 0.25) is 5.02 Å². The van der Waals surface area contributed by atoms with Crippen LogP contribution in [0.25, 0.3) is 5.69 Å². The van der Waals surface area contributed by atoms with E-state index >= 15 is 0 Å². The molecule has 166 valence electrons. The van der Waals surface area contributed by atoms with Gasteiger partial charge in [-0.2, -0.15) is 4.68 Å². The molecule has 0 bridgehead atoms. The molecule has 1 N–H and O–H groups in total. The van der Waals surface area contributed by atoms with Gasteiger partial charge in [0.15, 0.2) is 0 Å². The Morgan fingerprint density at radius 1 is 1.16 bits per heavy atom. The summed E-state index contributed by atoms with van der Waals surface area (Å²) in [6, 6.07) is 16.8. The van der Waals surface area contributed by atoms with Gasteiger partial charge in [0.1, 0.15) is 5.82 Å². The smallest absolute Gasteiger partial charge is 0.271 e. The van der Waals surface area contributed by atoms with E-state index in [0.717, 1.165) is 30.5 Å². The number of nitrogens with zero attached hydrogens (tertiary/aromatic N) is 3. The summed E-state index contributed by atoms with van der Waals surface area (Å²) in [6.07, 6.45) is 1.73. The van der Waals surface area contributed by atoms with Gasteiger partial charge in [-0.15, -0.1) is 5.10 Å². The van der Waals surface area contributed by atoms with Crippen molar-refractivity contribution in [3.63, 3.8) is 0 Å². The molecule has 0 saturated carbocycles. The molecule has 1 fully saturated rings. The minimum Gasteiger partial charge on any atom is -0.354 e. The van der Waals surface area contributed by atoms with Gasteiger partial charge >= 0.3 is 0 Å². The SMILES string of the molecule is Cc1cccc(CNC(=O)[C@@H]2CCCN(c3ccc(=O)n(-c4ccc(C)c(Cl)c4)n3)C2)c1. The molecule has 0 spiro atoms. The Bertz CT molecular complexity index is 1190. The minimum absolute atomic E-state index is 0.0508. The number of benzene rings is 2. The van der Waals surface area contributed by atoms with E-state index < -0.39 is 0 Å². The van der Waals surface area contributed by atoms with Crippen LogP contribution < -0.4 is 15.8 Å². The maximum atomic E-state index is 12.8. The highest BCUT2D eigenvalue weighted by Crippen LogP contribution is 2.23. The largest absolute Gasteiger partial charge is 0.354 e. The van der Waals surface area contributed by atoms with Crippen LogP contribution in [0.3, 0.4) is 0 Å². The summed E-state index contributed by atoms with van der Waals surface area (Å²) in [7, 11) is 0.